The maximum Gasteiger partial charge on any atom is 0.179 e. The molecular formula is C14H20ClNO2. The molecule has 0 fully saturated rings. The van der Waals surface area contributed by atoms with E-state index in [4.69, 9.17) is 21.1 Å². The molecule has 0 aliphatic carbocycles. The lowest BCUT2D eigenvalue weighted by molar-refractivity contribution is 0.171. The Bertz CT molecular complexity index is 421. The van der Waals surface area contributed by atoms with Crippen LogP contribution in [0.15, 0.2) is 12.1 Å². The van der Waals surface area contributed by atoms with E-state index in [9.17, 15) is 0 Å². The minimum atomic E-state index is 0.469. The predicted octanol–water partition coefficient (Wildman–Crippen LogP) is 3.25. The van der Waals surface area contributed by atoms with Crippen LogP contribution in [0.25, 0.3) is 0 Å². The van der Waals surface area contributed by atoms with Gasteiger partial charge < -0.3 is 14.8 Å². The van der Waals surface area contributed by atoms with E-state index in [2.05, 4.69) is 26.1 Å². The zero-order chi connectivity index (χ0) is 13.1. The van der Waals surface area contributed by atoms with E-state index in [1.807, 2.05) is 12.1 Å². The molecule has 1 aromatic carbocycles. The van der Waals surface area contributed by atoms with Crippen molar-refractivity contribution in [3.8, 4) is 11.5 Å². The van der Waals surface area contributed by atoms with E-state index in [0.717, 1.165) is 17.9 Å². The highest BCUT2D eigenvalue weighted by Gasteiger charge is 2.16. The molecule has 1 atom stereocenters. The van der Waals surface area contributed by atoms with Crippen molar-refractivity contribution >= 4 is 11.6 Å². The van der Waals surface area contributed by atoms with Crippen LogP contribution in [-0.4, -0.2) is 19.3 Å². The Hall–Kier alpha value is -0.930. The van der Waals surface area contributed by atoms with Crippen LogP contribution in [0.4, 0.5) is 0 Å². The Balaban J connectivity index is 2.08. The van der Waals surface area contributed by atoms with Crippen LogP contribution in [0.2, 0.25) is 5.02 Å². The lowest BCUT2D eigenvalue weighted by Gasteiger charge is -2.21. The molecule has 0 amide bonds. The minimum Gasteiger partial charge on any atom is -0.486 e. The first kappa shape index (κ1) is 13.5. The monoisotopic (exact) mass is 269 g/mol. The summed E-state index contributed by atoms with van der Waals surface area (Å²) >= 11 is 6.19. The van der Waals surface area contributed by atoms with Gasteiger partial charge >= 0.3 is 0 Å². The summed E-state index contributed by atoms with van der Waals surface area (Å²) in [5.41, 5.74) is 1.12. The highest BCUT2D eigenvalue weighted by atomic mass is 35.5. The Labute approximate surface area is 113 Å². The van der Waals surface area contributed by atoms with Gasteiger partial charge in [0.25, 0.3) is 0 Å². The summed E-state index contributed by atoms with van der Waals surface area (Å²) in [5, 5.41) is 4.10. The molecule has 4 heteroatoms. The first-order valence-corrected chi connectivity index (χ1v) is 6.77. The number of rotatable bonds is 4. The number of hydrogen-bond acceptors (Lipinski definition) is 3. The number of ether oxygens (including phenoxy) is 2. The minimum absolute atomic E-state index is 0.469. The van der Waals surface area contributed by atoms with Gasteiger partial charge in [-0.25, -0.2) is 0 Å². The van der Waals surface area contributed by atoms with Gasteiger partial charge in [-0.05, 0) is 30.5 Å². The van der Waals surface area contributed by atoms with E-state index in [1.165, 1.54) is 0 Å². The van der Waals surface area contributed by atoms with Crippen LogP contribution in [-0.2, 0) is 6.54 Å². The SMILES string of the molecule is CC(C)C(C)NCc1cc(Cl)c2c(c1)OCCO2. The Kier molecular flexibility index (Phi) is 4.36. The highest BCUT2D eigenvalue weighted by Crippen LogP contribution is 2.38. The highest BCUT2D eigenvalue weighted by molar-refractivity contribution is 6.32. The summed E-state index contributed by atoms with van der Waals surface area (Å²) in [4.78, 5) is 0. The second kappa shape index (κ2) is 5.81. The van der Waals surface area contributed by atoms with Gasteiger partial charge in [0.15, 0.2) is 11.5 Å². The van der Waals surface area contributed by atoms with Crippen LogP contribution >= 0.6 is 11.6 Å². The number of hydrogen-bond donors (Lipinski definition) is 1. The van der Waals surface area contributed by atoms with Crippen molar-refractivity contribution in [2.24, 2.45) is 5.92 Å². The van der Waals surface area contributed by atoms with Crippen molar-refractivity contribution in [3.63, 3.8) is 0 Å². The van der Waals surface area contributed by atoms with E-state index in [0.29, 0.717) is 35.9 Å². The van der Waals surface area contributed by atoms with Gasteiger partial charge in [-0.1, -0.05) is 25.4 Å². The van der Waals surface area contributed by atoms with E-state index < -0.39 is 0 Å². The van der Waals surface area contributed by atoms with Gasteiger partial charge in [-0.2, -0.15) is 0 Å². The van der Waals surface area contributed by atoms with Crippen molar-refractivity contribution in [1.82, 2.24) is 5.32 Å². The average Bonchev–Trinajstić information content (AvgIpc) is 2.36. The maximum atomic E-state index is 6.19. The summed E-state index contributed by atoms with van der Waals surface area (Å²) in [6.07, 6.45) is 0. The maximum absolute atomic E-state index is 6.19. The molecule has 0 spiro atoms. The molecule has 0 aromatic heterocycles. The molecule has 0 saturated heterocycles. The number of nitrogens with one attached hydrogen (secondary N) is 1. The number of benzene rings is 1. The zero-order valence-electron chi connectivity index (χ0n) is 11.1. The van der Waals surface area contributed by atoms with E-state index >= 15 is 0 Å². The van der Waals surface area contributed by atoms with Gasteiger partial charge in [0.05, 0.1) is 5.02 Å². The molecule has 1 aliphatic rings. The van der Waals surface area contributed by atoms with Crippen molar-refractivity contribution in [2.75, 3.05) is 13.2 Å². The standard InChI is InChI=1S/C14H20ClNO2/c1-9(2)10(3)16-8-11-6-12(15)14-13(7-11)17-4-5-18-14/h6-7,9-10,16H,4-5,8H2,1-3H3. The smallest absolute Gasteiger partial charge is 0.179 e. The lowest BCUT2D eigenvalue weighted by atomic mass is 10.1. The van der Waals surface area contributed by atoms with Gasteiger partial charge in [-0.15, -0.1) is 0 Å². The molecule has 1 aromatic rings. The second-order valence-corrected chi connectivity index (χ2v) is 5.42. The normalized spacial score (nSPS) is 15.8. The predicted molar refractivity (Wildman–Crippen MR) is 73.6 cm³/mol. The fourth-order valence-corrected chi connectivity index (χ4v) is 2.07. The third-order valence-corrected chi connectivity index (χ3v) is 3.57. The molecular weight excluding hydrogens is 250 g/mol. The fraction of sp³-hybridized carbons (Fsp3) is 0.571. The van der Waals surface area contributed by atoms with Gasteiger partial charge in [0.2, 0.25) is 0 Å². The quantitative estimate of drug-likeness (QED) is 0.910. The number of fused-ring (bicyclic) bond motifs is 1. The third kappa shape index (κ3) is 3.09. The van der Waals surface area contributed by atoms with E-state index in [1.54, 1.807) is 0 Å². The zero-order valence-corrected chi connectivity index (χ0v) is 11.9. The average molecular weight is 270 g/mol. The van der Waals surface area contributed by atoms with Gasteiger partial charge in [0.1, 0.15) is 13.2 Å². The van der Waals surface area contributed by atoms with Crippen LogP contribution < -0.4 is 14.8 Å². The van der Waals surface area contributed by atoms with Gasteiger partial charge in [-0.3, -0.25) is 0 Å². The van der Waals surface area contributed by atoms with Crippen molar-refractivity contribution in [3.05, 3.63) is 22.7 Å². The molecule has 1 N–H and O–H groups in total. The van der Waals surface area contributed by atoms with Gasteiger partial charge in [0, 0.05) is 12.6 Å². The molecule has 100 valence electrons. The van der Waals surface area contributed by atoms with Crippen LogP contribution in [0, 0.1) is 5.92 Å². The molecule has 2 rings (SSSR count). The molecule has 1 unspecified atom stereocenters. The van der Waals surface area contributed by atoms with Crippen LogP contribution in [0.5, 0.6) is 11.5 Å². The second-order valence-electron chi connectivity index (χ2n) is 5.02. The topological polar surface area (TPSA) is 30.5 Å². The molecule has 0 saturated carbocycles. The molecule has 0 radical (unpaired) electrons. The van der Waals surface area contributed by atoms with E-state index in [-0.39, 0.29) is 0 Å². The lowest BCUT2D eigenvalue weighted by Crippen LogP contribution is -2.30. The number of halogens is 1. The first-order chi connectivity index (χ1) is 8.58. The third-order valence-electron chi connectivity index (χ3n) is 3.28. The van der Waals surface area contributed by atoms with Crippen molar-refractivity contribution < 1.29 is 9.47 Å². The van der Waals surface area contributed by atoms with Crippen molar-refractivity contribution in [1.29, 1.82) is 0 Å². The summed E-state index contributed by atoms with van der Waals surface area (Å²) in [5.74, 6) is 2.03. The molecule has 3 nitrogen and oxygen atoms in total. The van der Waals surface area contributed by atoms with Crippen LogP contribution in [0.3, 0.4) is 0 Å². The van der Waals surface area contributed by atoms with Crippen LogP contribution in [0.1, 0.15) is 26.3 Å². The Morgan fingerprint density at radius 1 is 1.22 bits per heavy atom. The first-order valence-electron chi connectivity index (χ1n) is 6.39. The molecule has 1 aliphatic heterocycles. The summed E-state index contributed by atoms with van der Waals surface area (Å²) in [6.45, 7) is 8.53. The largest absolute Gasteiger partial charge is 0.486 e. The van der Waals surface area contributed by atoms with Crippen molar-refractivity contribution in [2.45, 2.75) is 33.4 Å². The Morgan fingerprint density at radius 2 is 1.94 bits per heavy atom. The molecule has 18 heavy (non-hydrogen) atoms. The molecule has 1 heterocycles. The summed E-state index contributed by atoms with van der Waals surface area (Å²) in [7, 11) is 0. The Morgan fingerprint density at radius 3 is 2.67 bits per heavy atom. The fourth-order valence-electron chi connectivity index (χ4n) is 1.78. The summed E-state index contributed by atoms with van der Waals surface area (Å²) in [6, 6.07) is 4.41. The summed E-state index contributed by atoms with van der Waals surface area (Å²) < 4.78 is 11.1. The molecule has 0 bridgehead atoms.